The molecule has 1 amide bonds. The summed E-state index contributed by atoms with van der Waals surface area (Å²) in [6.45, 7) is 0.136. The third-order valence-electron chi connectivity index (χ3n) is 4.76. The molecule has 0 unspecified atom stereocenters. The number of hydrogen-bond donors (Lipinski definition) is 0. The fraction of sp³-hybridized carbons (Fsp3) is 0.150. The van der Waals surface area contributed by atoms with E-state index in [1.807, 2.05) is 30.3 Å². The second-order valence-electron chi connectivity index (χ2n) is 6.37. The van der Waals surface area contributed by atoms with Gasteiger partial charge in [-0.2, -0.15) is 0 Å². The van der Waals surface area contributed by atoms with Gasteiger partial charge in [0.2, 0.25) is 5.78 Å². The number of nitrogens with zero attached hydrogens (tertiary/aromatic N) is 2. The van der Waals surface area contributed by atoms with Crippen LogP contribution in [0.1, 0.15) is 26.4 Å². The molecule has 0 spiro atoms. The third-order valence-corrected chi connectivity index (χ3v) is 5.13. The maximum atomic E-state index is 12.4. The Morgan fingerprint density at radius 1 is 1.15 bits per heavy atom. The van der Waals surface area contributed by atoms with Crippen LogP contribution in [0.5, 0.6) is 0 Å². The quantitative estimate of drug-likeness (QED) is 0.642. The van der Waals surface area contributed by atoms with Gasteiger partial charge in [-0.25, -0.2) is 4.79 Å². The van der Waals surface area contributed by atoms with Crippen LogP contribution in [0.15, 0.2) is 42.5 Å². The Bertz CT molecular complexity index is 1120. The van der Waals surface area contributed by atoms with Crippen molar-refractivity contribution in [1.82, 2.24) is 4.57 Å². The number of carbonyl (C=O) groups is 3. The van der Waals surface area contributed by atoms with Gasteiger partial charge in [-0.05, 0) is 17.7 Å². The number of halogens is 1. The Morgan fingerprint density at radius 3 is 2.56 bits per heavy atom. The van der Waals surface area contributed by atoms with Gasteiger partial charge in [-0.1, -0.05) is 41.9 Å². The molecular formula is C20H15ClN2O4. The number of benzene rings is 2. The average molecular weight is 383 g/mol. The fourth-order valence-corrected chi connectivity index (χ4v) is 3.68. The van der Waals surface area contributed by atoms with Gasteiger partial charge >= 0.3 is 6.09 Å². The zero-order valence-electron chi connectivity index (χ0n) is 14.7. The number of fused-ring (bicyclic) bond motifs is 1. The number of carbonyl (C=O) groups excluding carboxylic acids is 3. The lowest BCUT2D eigenvalue weighted by atomic mass is 9.97. The van der Waals surface area contributed by atoms with Crippen LogP contribution in [0.25, 0.3) is 10.9 Å². The summed E-state index contributed by atoms with van der Waals surface area (Å²) in [5, 5.41) is 0.807. The summed E-state index contributed by atoms with van der Waals surface area (Å²) in [5.41, 5.74) is 2.31. The van der Waals surface area contributed by atoms with Crippen molar-refractivity contribution in [3.05, 3.63) is 64.3 Å². The molecule has 0 N–H and O–H groups in total. The molecule has 0 radical (unpaired) electrons. The highest BCUT2D eigenvalue weighted by Crippen LogP contribution is 2.40. The number of ether oxygens (including phenoxy) is 1. The molecule has 0 aliphatic heterocycles. The average Bonchev–Trinajstić information content (AvgIpc) is 2.92. The Hall–Kier alpha value is -3.12. The van der Waals surface area contributed by atoms with E-state index in [1.54, 1.807) is 24.7 Å². The minimum atomic E-state index is -0.642. The molecule has 2 aromatic carbocycles. The van der Waals surface area contributed by atoms with Crippen LogP contribution in [0.3, 0.4) is 0 Å². The molecule has 3 aromatic rings. The second-order valence-corrected chi connectivity index (χ2v) is 6.74. The monoisotopic (exact) mass is 382 g/mol. The highest BCUT2D eigenvalue weighted by Gasteiger charge is 2.35. The normalized spacial score (nSPS) is 12.7. The highest BCUT2D eigenvalue weighted by atomic mass is 35.5. The van der Waals surface area contributed by atoms with E-state index in [0.29, 0.717) is 16.6 Å². The van der Waals surface area contributed by atoms with E-state index in [9.17, 15) is 14.4 Å². The van der Waals surface area contributed by atoms with Crippen LogP contribution in [0.4, 0.5) is 10.5 Å². The molecule has 1 aliphatic carbocycles. The summed E-state index contributed by atoms with van der Waals surface area (Å²) in [6, 6.07) is 12.5. The van der Waals surface area contributed by atoms with Gasteiger partial charge in [0, 0.05) is 30.7 Å². The van der Waals surface area contributed by atoms with E-state index in [-0.39, 0.29) is 22.9 Å². The van der Waals surface area contributed by atoms with Gasteiger partial charge < -0.3 is 9.30 Å². The van der Waals surface area contributed by atoms with Crippen molar-refractivity contribution in [3.8, 4) is 0 Å². The predicted octanol–water partition coefficient (Wildman–Crippen LogP) is 3.98. The van der Waals surface area contributed by atoms with E-state index in [4.69, 9.17) is 16.3 Å². The molecule has 27 heavy (non-hydrogen) atoms. The molecule has 136 valence electrons. The summed E-state index contributed by atoms with van der Waals surface area (Å²) in [4.78, 5) is 38.4. The first kappa shape index (κ1) is 17.3. The van der Waals surface area contributed by atoms with Gasteiger partial charge in [0.1, 0.15) is 12.3 Å². The van der Waals surface area contributed by atoms with Crippen LogP contribution in [0, 0.1) is 0 Å². The molecule has 1 aliphatic rings. The van der Waals surface area contributed by atoms with Gasteiger partial charge in [-0.3, -0.25) is 14.5 Å². The standard InChI is InChI=1S/C20H15ClN2O4/c1-22(20(26)27-10-11-6-4-3-5-7-11)12-8-13-15-14(9-12)23(2)17(16(15)21)19(25)18(13)24/h3-9H,10H2,1-2H3. The molecular weight excluding hydrogens is 368 g/mol. The lowest BCUT2D eigenvalue weighted by molar-refractivity contribution is 0.0812. The van der Waals surface area contributed by atoms with Crippen molar-refractivity contribution in [2.75, 3.05) is 11.9 Å². The maximum absolute atomic E-state index is 12.4. The lowest BCUT2D eigenvalue weighted by Crippen LogP contribution is -2.27. The first-order chi connectivity index (χ1) is 12.9. The van der Waals surface area contributed by atoms with Crippen molar-refractivity contribution < 1.29 is 19.1 Å². The van der Waals surface area contributed by atoms with E-state index < -0.39 is 17.7 Å². The van der Waals surface area contributed by atoms with Gasteiger partial charge in [0.25, 0.3) is 5.78 Å². The van der Waals surface area contributed by atoms with E-state index >= 15 is 0 Å². The first-order valence-electron chi connectivity index (χ1n) is 8.25. The minimum absolute atomic E-state index is 0.136. The van der Waals surface area contributed by atoms with Crippen molar-refractivity contribution in [1.29, 1.82) is 0 Å². The maximum Gasteiger partial charge on any atom is 0.414 e. The zero-order valence-corrected chi connectivity index (χ0v) is 15.4. The third kappa shape index (κ3) is 2.61. The Kier molecular flexibility index (Phi) is 4.00. The van der Waals surface area contributed by atoms with Crippen LogP contribution in [-0.2, 0) is 18.4 Å². The van der Waals surface area contributed by atoms with Crippen LogP contribution < -0.4 is 4.90 Å². The summed E-state index contributed by atoms with van der Waals surface area (Å²) in [7, 11) is 3.22. The number of amides is 1. The molecule has 4 rings (SSSR count). The Morgan fingerprint density at radius 2 is 1.85 bits per heavy atom. The first-order valence-corrected chi connectivity index (χ1v) is 8.63. The Labute approximate surface area is 159 Å². The van der Waals surface area contributed by atoms with E-state index in [0.717, 1.165) is 5.56 Å². The van der Waals surface area contributed by atoms with Gasteiger partial charge in [0.15, 0.2) is 0 Å². The number of ketones is 2. The summed E-state index contributed by atoms with van der Waals surface area (Å²) < 4.78 is 6.91. The molecule has 7 heteroatoms. The second kappa shape index (κ2) is 6.25. The van der Waals surface area contributed by atoms with Gasteiger partial charge in [0.05, 0.1) is 10.5 Å². The number of anilines is 1. The fourth-order valence-electron chi connectivity index (χ4n) is 3.27. The number of aryl methyl sites for hydroxylation is 1. The van der Waals surface area contributed by atoms with Crippen molar-refractivity contribution in [2.24, 2.45) is 7.05 Å². The largest absolute Gasteiger partial charge is 0.444 e. The molecule has 2 bridgehead atoms. The zero-order chi connectivity index (χ0) is 19.3. The molecule has 6 nitrogen and oxygen atoms in total. The minimum Gasteiger partial charge on any atom is -0.444 e. The van der Waals surface area contributed by atoms with Crippen LogP contribution in [0.2, 0.25) is 5.02 Å². The van der Waals surface area contributed by atoms with Crippen molar-refractivity contribution in [2.45, 2.75) is 6.61 Å². The van der Waals surface area contributed by atoms with Crippen molar-refractivity contribution in [3.63, 3.8) is 0 Å². The molecule has 0 saturated heterocycles. The number of rotatable bonds is 3. The van der Waals surface area contributed by atoms with Crippen LogP contribution >= 0.6 is 11.6 Å². The predicted molar refractivity (Wildman–Crippen MR) is 102 cm³/mol. The summed E-state index contributed by atoms with van der Waals surface area (Å²) in [5.74, 6) is -1.26. The topological polar surface area (TPSA) is 68.6 Å². The molecule has 1 aromatic heterocycles. The van der Waals surface area contributed by atoms with Crippen LogP contribution in [-0.4, -0.2) is 29.3 Å². The summed E-state index contributed by atoms with van der Waals surface area (Å²) in [6.07, 6.45) is -0.567. The smallest absolute Gasteiger partial charge is 0.414 e. The molecule has 0 atom stereocenters. The number of hydrogen-bond acceptors (Lipinski definition) is 4. The summed E-state index contributed by atoms with van der Waals surface area (Å²) >= 11 is 6.28. The SMILES string of the molecule is CN(C(=O)OCc1ccccc1)c1cc2c3c(Cl)c(n(C)c3c1)C(=O)C2=O. The highest BCUT2D eigenvalue weighted by molar-refractivity contribution is 6.58. The molecule has 1 heterocycles. The van der Waals surface area contributed by atoms with E-state index in [1.165, 1.54) is 11.0 Å². The Balaban J connectivity index is 1.67. The van der Waals surface area contributed by atoms with Crippen molar-refractivity contribution >= 4 is 45.9 Å². The number of Topliss-reactive ketones (excluding diaryl/α,β-unsaturated/α-hetero) is 2. The molecule has 0 saturated carbocycles. The van der Waals surface area contributed by atoms with Gasteiger partial charge in [-0.15, -0.1) is 0 Å². The number of aromatic nitrogens is 1. The lowest BCUT2D eigenvalue weighted by Gasteiger charge is -2.18. The van der Waals surface area contributed by atoms with E-state index in [2.05, 4.69) is 0 Å². The molecule has 0 fully saturated rings.